The van der Waals surface area contributed by atoms with Gasteiger partial charge in [0.1, 0.15) is 13.3 Å². The highest BCUT2D eigenvalue weighted by molar-refractivity contribution is 7.37. The Balaban J connectivity index is -0.0000000482. The zero-order valence-corrected chi connectivity index (χ0v) is 13.5. The van der Waals surface area contributed by atoms with E-state index < -0.39 is 0 Å². The van der Waals surface area contributed by atoms with E-state index in [1.165, 1.54) is 0 Å². The second kappa shape index (κ2) is 51.0. The molecule has 0 radical (unpaired) electrons. The fourth-order valence-electron chi connectivity index (χ4n) is 0. The van der Waals surface area contributed by atoms with Crippen LogP contribution in [-0.2, 0) is 0 Å². The highest BCUT2D eigenvalue weighted by Crippen LogP contribution is 1.84. The van der Waals surface area contributed by atoms with Crippen LogP contribution in [0.3, 0.4) is 0 Å². The molecule has 1 atom stereocenters. The molecule has 0 amide bonds. The van der Waals surface area contributed by atoms with Crippen LogP contribution < -0.4 is 10.3 Å². The van der Waals surface area contributed by atoms with Crippen molar-refractivity contribution in [2.45, 2.75) is 13.8 Å². The van der Waals surface area contributed by atoms with Crippen molar-refractivity contribution in [3.8, 4) is 0 Å². The van der Waals surface area contributed by atoms with E-state index >= 15 is 0 Å². The van der Waals surface area contributed by atoms with E-state index in [1.807, 2.05) is 39.6 Å². The van der Waals surface area contributed by atoms with Crippen molar-refractivity contribution < 1.29 is 10.3 Å². The van der Waals surface area contributed by atoms with Gasteiger partial charge in [0, 0.05) is 20.3 Å². The van der Waals surface area contributed by atoms with E-state index in [2.05, 4.69) is 37.7 Å². The Hall–Kier alpha value is 0.230. The zero-order valence-electron chi connectivity index (χ0n) is 11.3. The first-order chi connectivity index (χ1) is 6.66. The monoisotopic (exact) mass is 242 g/mol. The molecule has 0 bridgehead atoms. The van der Waals surface area contributed by atoms with Crippen molar-refractivity contribution in [1.82, 2.24) is 0 Å². The van der Waals surface area contributed by atoms with Crippen molar-refractivity contribution in [3.05, 3.63) is 0 Å². The van der Waals surface area contributed by atoms with Crippen LogP contribution in [0.2, 0.25) is 0 Å². The molecule has 2 nitrogen and oxygen atoms in total. The van der Waals surface area contributed by atoms with Crippen LogP contribution in [0.25, 0.3) is 0 Å². The summed E-state index contributed by atoms with van der Waals surface area (Å²) >= 11 is 0. The fourth-order valence-corrected chi connectivity index (χ4v) is 0. The average molecular weight is 242 g/mol. The normalized spacial score (nSPS) is 8.00. The number of hydrogen-bond acceptors (Lipinski definition) is 0. The van der Waals surface area contributed by atoms with Gasteiger partial charge in [-0.3, -0.25) is 4.99 Å². The van der Waals surface area contributed by atoms with Gasteiger partial charge in [-0.25, -0.2) is 0 Å². The summed E-state index contributed by atoms with van der Waals surface area (Å²) in [5.41, 5.74) is 0. The first kappa shape index (κ1) is 23.8. The smallest absolute Gasteiger partial charge is 0.134 e. The van der Waals surface area contributed by atoms with E-state index in [-0.39, 0.29) is 0 Å². The third-order valence-corrected chi connectivity index (χ3v) is 1.15. The Morgan fingerprint density at radius 2 is 1.36 bits per heavy atom. The van der Waals surface area contributed by atoms with E-state index in [0.717, 1.165) is 16.8 Å². The summed E-state index contributed by atoms with van der Waals surface area (Å²) in [7, 11) is 7.64. The maximum Gasteiger partial charge on any atom is 0.134 e. The number of hydrogen-bond donors (Lipinski definition) is 2. The highest BCUT2D eigenvalue weighted by Gasteiger charge is 1.48. The van der Waals surface area contributed by atoms with Crippen LogP contribution in [0.15, 0.2) is 0 Å². The van der Waals surface area contributed by atoms with Gasteiger partial charge >= 0.3 is 0 Å². The van der Waals surface area contributed by atoms with Crippen molar-refractivity contribution in [2.75, 3.05) is 41.1 Å². The summed E-state index contributed by atoms with van der Waals surface area (Å²) < 4.78 is 0. The largest absolute Gasteiger partial charge is 0.351 e. The van der Waals surface area contributed by atoms with Crippen LogP contribution in [0, 0.1) is 0 Å². The van der Waals surface area contributed by atoms with E-state index in [4.69, 9.17) is 0 Å². The van der Waals surface area contributed by atoms with E-state index in [0.29, 0.717) is 0 Å². The second-order valence-corrected chi connectivity index (χ2v) is 4.62. The first-order valence-electron chi connectivity index (χ1n) is 5.04. The lowest BCUT2D eigenvalue weighted by atomic mass is 10.9. The Kier molecular flexibility index (Phi) is 86.7. The third-order valence-electron chi connectivity index (χ3n) is 0.577. The van der Waals surface area contributed by atoms with E-state index in [1.54, 1.807) is 0 Å². The van der Waals surface area contributed by atoms with Crippen molar-refractivity contribution >= 4 is 28.8 Å². The summed E-state index contributed by atoms with van der Waals surface area (Å²) in [5, 5.41) is 2.00. The van der Waals surface area contributed by atoms with Crippen molar-refractivity contribution in [1.29, 1.82) is 0 Å². The standard InChI is InChI=1S/C3H7N.C3H7P.C2H7N.C2H7P/c2*1-3-4-2;2*1-3-2/h2*3H,1-2H3;2*3H,1-2H3/p+4. The van der Waals surface area contributed by atoms with Crippen LogP contribution in [0.5, 0.6) is 0 Å². The minimum absolute atomic E-state index is 0.750. The maximum absolute atomic E-state index is 2.81. The average Bonchev–Trinajstić information content (AvgIpc) is 2.20. The fraction of sp³-hybridized carbons (Fsp3) is 0.800. The molecular formula is C10H32N2P2+4. The lowest BCUT2D eigenvalue weighted by Gasteiger charge is -1.57. The SMILES string of the molecule is CC=[NH+]C.CC=[PH+]C.C[NH2+]C.C[PH2+]C. The maximum atomic E-state index is 2.81. The van der Waals surface area contributed by atoms with Crippen LogP contribution in [0.4, 0.5) is 0 Å². The molecule has 0 aliphatic heterocycles. The molecule has 0 aliphatic carbocycles. The number of rotatable bonds is 0. The van der Waals surface area contributed by atoms with Gasteiger partial charge < -0.3 is 5.32 Å². The van der Waals surface area contributed by atoms with Crippen molar-refractivity contribution in [2.24, 2.45) is 0 Å². The molecule has 0 aromatic rings. The van der Waals surface area contributed by atoms with Gasteiger partial charge in [-0.15, -0.1) is 0 Å². The molecule has 3 N–H and O–H groups in total. The first-order valence-corrected chi connectivity index (χ1v) is 8.93. The quantitative estimate of drug-likeness (QED) is 0.419. The predicted molar refractivity (Wildman–Crippen MR) is 79.9 cm³/mol. The molecule has 0 aromatic heterocycles. The van der Waals surface area contributed by atoms with Gasteiger partial charge in [0.25, 0.3) is 0 Å². The lowest BCUT2D eigenvalue weighted by Crippen LogP contribution is -2.74. The van der Waals surface area contributed by atoms with Crippen molar-refractivity contribution in [3.63, 3.8) is 0 Å². The third kappa shape index (κ3) is 310. The molecule has 0 aromatic carbocycles. The molecule has 0 heterocycles. The zero-order chi connectivity index (χ0) is 12.2. The molecule has 0 fully saturated rings. The Labute approximate surface area is 94.6 Å². The molecule has 4 heteroatoms. The molecule has 14 heavy (non-hydrogen) atoms. The molecule has 0 saturated heterocycles. The van der Waals surface area contributed by atoms with Crippen LogP contribution in [-0.4, -0.2) is 53.1 Å². The number of nitrogens with one attached hydrogen (secondary N) is 1. The molecule has 88 valence electrons. The topological polar surface area (TPSA) is 30.6 Å². The summed E-state index contributed by atoms with van der Waals surface area (Å²) in [5.74, 6) is 2.15. The predicted octanol–water partition coefficient (Wildman–Crippen LogP) is -0.629. The number of quaternary nitrogens is 1. The second-order valence-electron chi connectivity index (χ2n) is 2.31. The molecule has 0 saturated carbocycles. The van der Waals surface area contributed by atoms with Crippen LogP contribution in [0.1, 0.15) is 13.8 Å². The highest BCUT2D eigenvalue weighted by atomic mass is 31.1. The molecule has 0 aliphatic rings. The van der Waals surface area contributed by atoms with E-state index in [9.17, 15) is 0 Å². The molecule has 0 rings (SSSR count). The van der Waals surface area contributed by atoms with Gasteiger partial charge in [0.15, 0.2) is 0 Å². The molecule has 1 unspecified atom stereocenters. The van der Waals surface area contributed by atoms with Gasteiger partial charge in [0.2, 0.25) is 0 Å². The van der Waals surface area contributed by atoms with Gasteiger partial charge in [-0.2, -0.15) is 0 Å². The van der Waals surface area contributed by atoms with Crippen LogP contribution >= 0.6 is 16.8 Å². The lowest BCUT2D eigenvalue weighted by molar-refractivity contribution is -0.597. The summed E-state index contributed by atoms with van der Waals surface area (Å²) in [6.07, 6.45) is 1.88. The molecule has 0 spiro atoms. The van der Waals surface area contributed by atoms with Gasteiger partial charge in [-0.05, 0) is 15.5 Å². The minimum atomic E-state index is 0.750. The molecular weight excluding hydrogens is 210 g/mol. The summed E-state index contributed by atoms with van der Waals surface area (Å²) in [6, 6.07) is 0. The van der Waals surface area contributed by atoms with Gasteiger partial charge in [0.05, 0.1) is 34.8 Å². The van der Waals surface area contributed by atoms with Gasteiger partial charge in [-0.1, -0.05) is 0 Å². The summed E-state index contributed by atoms with van der Waals surface area (Å²) in [4.78, 5) is 2.81. The summed E-state index contributed by atoms with van der Waals surface area (Å²) in [6.45, 7) is 10.6. The minimum Gasteiger partial charge on any atom is -0.351 e. The Morgan fingerprint density at radius 3 is 1.36 bits per heavy atom. The number of nitrogens with two attached hydrogens (primary N) is 1. The Bertz CT molecular complexity index is 74.1. The Morgan fingerprint density at radius 1 is 1.21 bits per heavy atom.